The second-order valence-electron chi connectivity index (χ2n) is 9.61. The van der Waals surface area contributed by atoms with E-state index in [1.165, 1.54) is 13.0 Å². The fraction of sp³-hybridized carbons (Fsp3) is 0.429. The van der Waals surface area contributed by atoms with Crippen LogP contribution in [-0.4, -0.2) is 63.5 Å². The van der Waals surface area contributed by atoms with Gasteiger partial charge in [-0.3, -0.25) is 19.2 Å². The standard InChI is InChI=1S/C28H33NO8/c1-16(33)10-25(35)23(14-31)19(8-9-30)11-17-12-22-21(6-7-24(34)28(22)26(36)13-17)18-2-4-20(5-3-18)29-27(37)15-32/h2-7,17,19,23,30-32,34H,8-15H2,1H3,(H,29,37). The molecule has 0 aromatic heterocycles. The summed E-state index contributed by atoms with van der Waals surface area (Å²) >= 11 is 0. The molecule has 1 amide bonds. The average molecular weight is 512 g/mol. The van der Waals surface area contributed by atoms with E-state index < -0.39 is 31.0 Å². The Kier molecular flexibility index (Phi) is 9.68. The molecule has 1 aliphatic rings. The number of carbonyl (C=O) groups is 4. The molecule has 3 unspecified atom stereocenters. The summed E-state index contributed by atoms with van der Waals surface area (Å²) in [5.74, 6) is -2.95. The van der Waals surface area contributed by atoms with E-state index in [1.54, 1.807) is 30.3 Å². The molecule has 37 heavy (non-hydrogen) atoms. The fourth-order valence-corrected chi connectivity index (χ4v) is 5.22. The van der Waals surface area contributed by atoms with Crippen LogP contribution < -0.4 is 5.32 Å². The highest BCUT2D eigenvalue weighted by molar-refractivity contribution is 6.03. The lowest BCUT2D eigenvalue weighted by Crippen LogP contribution is -2.32. The van der Waals surface area contributed by atoms with Gasteiger partial charge in [0.15, 0.2) is 5.78 Å². The van der Waals surface area contributed by atoms with Crippen molar-refractivity contribution in [3.05, 3.63) is 47.5 Å². The molecule has 0 saturated carbocycles. The summed E-state index contributed by atoms with van der Waals surface area (Å²) in [5.41, 5.74) is 2.95. The van der Waals surface area contributed by atoms with E-state index in [1.807, 2.05) is 0 Å². The van der Waals surface area contributed by atoms with Crippen molar-refractivity contribution in [2.75, 3.05) is 25.1 Å². The minimum atomic E-state index is -0.808. The molecule has 198 valence electrons. The Morgan fingerprint density at radius 2 is 1.73 bits per heavy atom. The van der Waals surface area contributed by atoms with Gasteiger partial charge in [0.2, 0.25) is 5.91 Å². The van der Waals surface area contributed by atoms with Gasteiger partial charge in [-0.05, 0) is 72.9 Å². The number of fused-ring (bicyclic) bond motifs is 1. The van der Waals surface area contributed by atoms with Crippen molar-refractivity contribution in [1.29, 1.82) is 0 Å². The van der Waals surface area contributed by atoms with Crippen LogP contribution in [-0.2, 0) is 20.8 Å². The van der Waals surface area contributed by atoms with Crippen LogP contribution in [0.1, 0.15) is 48.5 Å². The van der Waals surface area contributed by atoms with Gasteiger partial charge in [-0.1, -0.05) is 18.2 Å². The summed E-state index contributed by atoms with van der Waals surface area (Å²) in [4.78, 5) is 48.6. The van der Waals surface area contributed by atoms with Crippen molar-refractivity contribution in [2.45, 2.75) is 39.0 Å². The predicted octanol–water partition coefficient (Wildman–Crippen LogP) is 2.28. The molecule has 0 fully saturated rings. The molecule has 3 rings (SSSR count). The van der Waals surface area contributed by atoms with Gasteiger partial charge in [-0.2, -0.15) is 0 Å². The van der Waals surface area contributed by atoms with Gasteiger partial charge in [0.1, 0.15) is 23.9 Å². The quantitative estimate of drug-likeness (QED) is 0.271. The summed E-state index contributed by atoms with van der Waals surface area (Å²) in [6, 6.07) is 10.1. The molecule has 1 aliphatic carbocycles. The first kappa shape index (κ1) is 28.2. The van der Waals surface area contributed by atoms with Crippen molar-refractivity contribution >= 4 is 28.9 Å². The summed E-state index contributed by atoms with van der Waals surface area (Å²) in [5, 5.41) is 41.5. The Bertz CT molecular complexity index is 1160. The largest absolute Gasteiger partial charge is 0.507 e. The molecule has 3 atom stereocenters. The van der Waals surface area contributed by atoms with Crippen molar-refractivity contribution < 1.29 is 39.6 Å². The molecule has 0 bridgehead atoms. The lowest BCUT2D eigenvalue weighted by molar-refractivity contribution is -0.131. The highest BCUT2D eigenvalue weighted by atomic mass is 16.3. The number of aromatic hydroxyl groups is 1. The Morgan fingerprint density at radius 1 is 1.03 bits per heavy atom. The van der Waals surface area contributed by atoms with Gasteiger partial charge < -0.3 is 25.7 Å². The third-order valence-corrected chi connectivity index (χ3v) is 6.90. The molecule has 0 heterocycles. The van der Waals surface area contributed by atoms with Crippen molar-refractivity contribution in [2.24, 2.45) is 17.8 Å². The first-order valence-electron chi connectivity index (χ1n) is 12.3. The van der Waals surface area contributed by atoms with Crippen molar-refractivity contribution in [1.82, 2.24) is 0 Å². The zero-order valence-corrected chi connectivity index (χ0v) is 20.8. The first-order chi connectivity index (χ1) is 17.7. The number of hydrogen-bond donors (Lipinski definition) is 5. The van der Waals surface area contributed by atoms with E-state index >= 15 is 0 Å². The van der Waals surface area contributed by atoms with E-state index in [2.05, 4.69) is 5.32 Å². The van der Waals surface area contributed by atoms with Crippen LogP contribution in [0.5, 0.6) is 5.75 Å². The molecule has 0 radical (unpaired) electrons. The second kappa shape index (κ2) is 12.7. The molecule has 2 aromatic carbocycles. The van der Waals surface area contributed by atoms with E-state index in [4.69, 9.17) is 5.11 Å². The van der Waals surface area contributed by atoms with E-state index in [-0.39, 0.29) is 60.4 Å². The molecule has 9 heteroatoms. The Hall–Kier alpha value is -3.40. The van der Waals surface area contributed by atoms with Crippen LogP contribution in [0, 0.1) is 17.8 Å². The number of aliphatic hydroxyl groups excluding tert-OH is 3. The summed E-state index contributed by atoms with van der Waals surface area (Å²) < 4.78 is 0. The summed E-state index contributed by atoms with van der Waals surface area (Å²) in [6.07, 6.45) is 0.945. The minimum Gasteiger partial charge on any atom is -0.507 e. The molecular weight excluding hydrogens is 478 g/mol. The van der Waals surface area contributed by atoms with Crippen LogP contribution in [0.2, 0.25) is 0 Å². The molecule has 5 N–H and O–H groups in total. The topological polar surface area (TPSA) is 161 Å². The third kappa shape index (κ3) is 6.88. The number of benzene rings is 2. The Morgan fingerprint density at radius 3 is 2.32 bits per heavy atom. The molecule has 9 nitrogen and oxygen atoms in total. The third-order valence-electron chi connectivity index (χ3n) is 6.90. The lowest BCUT2D eigenvalue weighted by Gasteiger charge is -2.31. The number of aliphatic hydroxyl groups is 3. The number of carbonyl (C=O) groups excluding carboxylic acids is 4. The molecule has 2 aromatic rings. The predicted molar refractivity (Wildman–Crippen MR) is 136 cm³/mol. The SMILES string of the molecule is CC(=O)CC(=O)C(CO)C(CCO)CC1CC(=O)c2c(O)ccc(-c3ccc(NC(=O)CO)cc3)c2C1. The van der Waals surface area contributed by atoms with Gasteiger partial charge in [0.25, 0.3) is 0 Å². The zero-order chi connectivity index (χ0) is 27.1. The number of amides is 1. The van der Waals surface area contributed by atoms with Gasteiger partial charge in [-0.25, -0.2) is 0 Å². The van der Waals surface area contributed by atoms with Crippen molar-refractivity contribution in [3.8, 4) is 16.9 Å². The number of hydrogen-bond acceptors (Lipinski definition) is 8. The normalized spacial score (nSPS) is 16.5. The molecule has 0 aliphatic heterocycles. The van der Waals surface area contributed by atoms with Crippen LogP contribution in [0.4, 0.5) is 5.69 Å². The zero-order valence-electron chi connectivity index (χ0n) is 20.8. The number of anilines is 1. The van der Waals surface area contributed by atoms with E-state index in [0.717, 1.165) is 11.1 Å². The fourth-order valence-electron chi connectivity index (χ4n) is 5.22. The maximum Gasteiger partial charge on any atom is 0.250 e. The number of nitrogens with one attached hydrogen (secondary N) is 1. The van der Waals surface area contributed by atoms with Gasteiger partial charge in [-0.15, -0.1) is 0 Å². The van der Waals surface area contributed by atoms with E-state index in [0.29, 0.717) is 24.1 Å². The molecule has 0 saturated heterocycles. The smallest absolute Gasteiger partial charge is 0.250 e. The lowest BCUT2D eigenvalue weighted by atomic mass is 9.72. The van der Waals surface area contributed by atoms with Crippen LogP contribution in [0.15, 0.2) is 36.4 Å². The monoisotopic (exact) mass is 511 g/mol. The summed E-state index contributed by atoms with van der Waals surface area (Å²) in [7, 11) is 0. The minimum absolute atomic E-state index is 0.106. The number of Topliss-reactive ketones (excluding diaryl/α,β-unsaturated/α-hetero) is 3. The maximum atomic E-state index is 13.1. The van der Waals surface area contributed by atoms with E-state index in [9.17, 15) is 34.5 Å². The van der Waals surface area contributed by atoms with Crippen LogP contribution >= 0.6 is 0 Å². The van der Waals surface area contributed by atoms with Crippen LogP contribution in [0.3, 0.4) is 0 Å². The number of phenols is 1. The summed E-state index contributed by atoms with van der Waals surface area (Å²) in [6.45, 7) is 0.0346. The van der Waals surface area contributed by atoms with Gasteiger partial charge in [0, 0.05) is 24.6 Å². The van der Waals surface area contributed by atoms with Crippen LogP contribution in [0.25, 0.3) is 11.1 Å². The Balaban J connectivity index is 1.90. The average Bonchev–Trinajstić information content (AvgIpc) is 2.84. The molecule has 0 spiro atoms. The highest BCUT2D eigenvalue weighted by Crippen LogP contribution is 2.41. The van der Waals surface area contributed by atoms with Crippen molar-refractivity contribution in [3.63, 3.8) is 0 Å². The number of ketones is 3. The number of rotatable bonds is 12. The van der Waals surface area contributed by atoms with Gasteiger partial charge >= 0.3 is 0 Å². The Labute approximate surface area is 215 Å². The number of phenolic OH excluding ortho intramolecular Hbond substituents is 1. The first-order valence-corrected chi connectivity index (χ1v) is 12.3. The maximum absolute atomic E-state index is 13.1. The second-order valence-corrected chi connectivity index (χ2v) is 9.61. The highest BCUT2D eigenvalue weighted by Gasteiger charge is 2.35. The van der Waals surface area contributed by atoms with Gasteiger partial charge in [0.05, 0.1) is 18.6 Å². The molecular formula is C28H33NO8.